The Hall–Kier alpha value is -2.31. The molecule has 0 fully saturated rings. The Bertz CT molecular complexity index is 1050. The summed E-state index contributed by atoms with van der Waals surface area (Å²) in [7, 11) is -1.75. The molecule has 1 unspecified atom stereocenters. The Morgan fingerprint density at radius 3 is 2.38 bits per heavy atom. The maximum absolute atomic E-state index is 13.0. The highest BCUT2D eigenvalue weighted by Gasteiger charge is 2.33. The summed E-state index contributed by atoms with van der Waals surface area (Å²) in [6, 6.07) is 1.31. The number of rotatable bonds is 8. The standard InChI is InChI=1S/C18H20Cl2F3N5O3S/c1-3-4-5-6-12(29)31-27-16(24)13-15(32(2)30)17(25)28(26-13)14-10(19)7-9(8-11(14)20)18(21,22)23/h7-8H,3-6,25H2,1-2H3,(H2,24,27). The molecule has 1 atom stereocenters. The lowest BCUT2D eigenvalue weighted by molar-refractivity contribution is -0.143. The number of benzene rings is 1. The van der Waals surface area contributed by atoms with Crippen molar-refractivity contribution in [3.05, 3.63) is 33.4 Å². The lowest BCUT2D eigenvalue weighted by Gasteiger charge is -2.13. The van der Waals surface area contributed by atoms with Gasteiger partial charge in [-0.25, -0.2) is 9.48 Å². The van der Waals surface area contributed by atoms with Crippen LogP contribution in [0.25, 0.3) is 5.69 Å². The molecular formula is C18H20Cl2F3N5O3S. The highest BCUT2D eigenvalue weighted by molar-refractivity contribution is 7.84. The molecule has 1 aromatic carbocycles. The fraction of sp³-hybridized carbons (Fsp3) is 0.389. The molecule has 0 saturated heterocycles. The molecule has 0 saturated carbocycles. The summed E-state index contributed by atoms with van der Waals surface area (Å²) < 4.78 is 52.2. The smallest absolute Gasteiger partial charge is 0.383 e. The molecule has 32 heavy (non-hydrogen) atoms. The van der Waals surface area contributed by atoms with E-state index in [0.717, 1.165) is 17.5 Å². The molecule has 14 heteroatoms. The summed E-state index contributed by atoms with van der Waals surface area (Å²) in [4.78, 5) is 16.4. The van der Waals surface area contributed by atoms with E-state index in [1.807, 2.05) is 6.92 Å². The molecule has 176 valence electrons. The number of aromatic nitrogens is 2. The zero-order valence-electron chi connectivity index (χ0n) is 17.0. The van der Waals surface area contributed by atoms with Crippen LogP contribution in [0.15, 0.2) is 22.2 Å². The van der Waals surface area contributed by atoms with Crippen LogP contribution in [-0.2, 0) is 26.6 Å². The highest BCUT2D eigenvalue weighted by Crippen LogP contribution is 2.39. The van der Waals surface area contributed by atoms with Crippen molar-refractivity contribution in [3.8, 4) is 5.69 Å². The van der Waals surface area contributed by atoms with Crippen molar-refractivity contribution < 1.29 is 27.0 Å². The quantitative estimate of drug-likeness (QED) is 0.178. The molecule has 0 aliphatic heterocycles. The van der Waals surface area contributed by atoms with Gasteiger partial charge in [-0.2, -0.15) is 18.3 Å². The third-order valence-corrected chi connectivity index (χ3v) is 5.75. The predicted molar refractivity (Wildman–Crippen MR) is 116 cm³/mol. The van der Waals surface area contributed by atoms with Gasteiger partial charge in [0, 0.05) is 12.7 Å². The molecule has 1 heterocycles. The van der Waals surface area contributed by atoms with E-state index in [9.17, 15) is 22.2 Å². The second-order valence-corrected chi connectivity index (χ2v) is 8.74. The minimum absolute atomic E-state index is 0.0830. The fourth-order valence-corrected chi connectivity index (χ4v) is 4.12. The first kappa shape index (κ1) is 25.9. The molecular weight excluding hydrogens is 494 g/mol. The van der Waals surface area contributed by atoms with Gasteiger partial charge >= 0.3 is 12.1 Å². The van der Waals surface area contributed by atoms with E-state index in [1.165, 1.54) is 6.26 Å². The van der Waals surface area contributed by atoms with Gasteiger partial charge in [0.25, 0.3) is 0 Å². The number of nitrogens with two attached hydrogens (primary N) is 2. The van der Waals surface area contributed by atoms with Gasteiger partial charge in [-0.15, -0.1) is 0 Å². The Morgan fingerprint density at radius 2 is 1.88 bits per heavy atom. The molecule has 0 amide bonds. The number of amidine groups is 1. The van der Waals surface area contributed by atoms with E-state index in [1.54, 1.807) is 0 Å². The van der Waals surface area contributed by atoms with Gasteiger partial charge in [0.1, 0.15) is 22.1 Å². The van der Waals surface area contributed by atoms with Crippen LogP contribution < -0.4 is 11.5 Å². The van der Waals surface area contributed by atoms with E-state index in [0.29, 0.717) is 18.6 Å². The van der Waals surface area contributed by atoms with Crippen molar-refractivity contribution in [2.24, 2.45) is 10.9 Å². The van der Waals surface area contributed by atoms with Crippen molar-refractivity contribution in [2.45, 2.75) is 43.7 Å². The first-order chi connectivity index (χ1) is 14.9. The van der Waals surface area contributed by atoms with Gasteiger partial charge in [0.05, 0.1) is 26.4 Å². The summed E-state index contributed by atoms with van der Waals surface area (Å²) in [5, 5.41) is 6.78. The summed E-state index contributed by atoms with van der Waals surface area (Å²) in [6.45, 7) is 1.98. The molecule has 1 aromatic heterocycles. The lowest BCUT2D eigenvalue weighted by Crippen LogP contribution is -2.18. The first-order valence-electron chi connectivity index (χ1n) is 9.20. The third kappa shape index (κ3) is 5.93. The molecule has 0 spiro atoms. The number of alkyl halides is 3. The lowest BCUT2D eigenvalue weighted by atomic mass is 10.2. The van der Waals surface area contributed by atoms with Gasteiger partial charge in [0.15, 0.2) is 5.84 Å². The summed E-state index contributed by atoms with van der Waals surface area (Å²) >= 11 is 12.0. The Kier molecular flexibility index (Phi) is 8.54. The predicted octanol–water partition coefficient (Wildman–Crippen LogP) is 4.26. The molecule has 0 bridgehead atoms. The van der Waals surface area contributed by atoms with Crippen LogP contribution in [0.5, 0.6) is 0 Å². The largest absolute Gasteiger partial charge is 0.416 e. The minimum Gasteiger partial charge on any atom is -0.383 e. The first-order valence-corrected chi connectivity index (χ1v) is 11.5. The number of carbonyl (C=O) groups excluding carboxylic acids is 1. The minimum atomic E-state index is -4.68. The Balaban J connectivity index is 2.49. The summed E-state index contributed by atoms with van der Waals surface area (Å²) in [5.74, 6) is -1.28. The van der Waals surface area contributed by atoms with Crippen molar-refractivity contribution in [1.29, 1.82) is 0 Å². The van der Waals surface area contributed by atoms with Gasteiger partial charge in [-0.1, -0.05) is 48.1 Å². The normalized spacial score (nSPS) is 13.3. The summed E-state index contributed by atoms with van der Waals surface area (Å²) in [6.07, 6.45) is -0.910. The fourth-order valence-electron chi connectivity index (χ4n) is 2.68. The van der Waals surface area contributed by atoms with Gasteiger partial charge in [0.2, 0.25) is 0 Å². The van der Waals surface area contributed by atoms with E-state index in [4.69, 9.17) is 39.5 Å². The third-order valence-electron chi connectivity index (χ3n) is 4.19. The van der Waals surface area contributed by atoms with Gasteiger partial charge < -0.3 is 16.3 Å². The Morgan fingerprint density at radius 1 is 1.28 bits per heavy atom. The number of unbranched alkanes of at least 4 members (excludes halogenated alkanes) is 2. The number of hydrogen-bond donors (Lipinski definition) is 2. The van der Waals surface area contributed by atoms with E-state index >= 15 is 0 Å². The van der Waals surface area contributed by atoms with Crippen LogP contribution in [-0.4, -0.2) is 32.1 Å². The maximum atomic E-state index is 13.0. The molecule has 0 aliphatic carbocycles. The highest BCUT2D eigenvalue weighted by atomic mass is 35.5. The van der Waals surface area contributed by atoms with Crippen LogP contribution in [0.2, 0.25) is 10.0 Å². The van der Waals surface area contributed by atoms with Crippen molar-refractivity contribution in [3.63, 3.8) is 0 Å². The molecule has 0 aliphatic rings. The van der Waals surface area contributed by atoms with Gasteiger partial charge in [-0.05, 0) is 18.6 Å². The zero-order valence-corrected chi connectivity index (χ0v) is 19.3. The average Bonchev–Trinajstić information content (AvgIpc) is 3.02. The SMILES string of the molecule is CCCCCC(=O)O/N=C(\N)c1nn(-c2c(Cl)cc(C(F)(F)F)cc2Cl)c(N)c1S(C)=O. The van der Waals surface area contributed by atoms with Crippen LogP contribution in [0.3, 0.4) is 0 Å². The molecule has 0 radical (unpaired) electrons. The zero-order chi connectivity index (χ0) is 24.2. The second-order valence-electron chi connectivity index (χ2n) is 6.61. The summed E-state index contributed by atoms with van der Waals surface area (Å²) in [5.41, 5.74) is 10.4. The van der Waals surface area contributed by atoms with Crippen molar-refractivity contribution >= 4 is 51.6 Å². The van der Waals surface area contributed by atoms with Crippen LogP contribution in [0, 0.1) is 0 Å². The van der Waals surface area contributed by atoms with Crippen LogP contribution in [0.4, 0.5) is 19.0 Å². The van der Waals surface area contributed by atoms with Crippen LogP contribution in [0.1, 0.15) is 43.9 Å². The molecule has 2 rings (SSSR count). The van der Waals surface area contributed by atoms with Crippen molar-refractivity contribution in [2.75, 3.05) is 12.0 Å². The number of carbonyl (C=O) groups is 1. The number of nitrogen functional groups attached to an aromatic ring is 1. The Labute approximate surface area is 194 Å². The number of anilines is 1. The molecule has 8 nitrogen and oxygen atoms in total. The number of oxime groups is 1. The second kappa shape index (κ2) is 10.5. The topological polar surface area (TPSA) is 126 Å². The molecule has 2 aromatic rings. The maximum Gasteiger partial charge on any atom is 0.416 e. The monoisotopic (exact) mass is 513 g/mol. The van der Waals surface area contributed by atoms with Crippen molar-refractivity contribution in [1.82, 2.24) is 9.78 Å². The van der Waals surface area contributed by atoms with Crippen LogP contribution >= 0.6 is 23.2 Å². The number of halogens is 5. The average molecular weight is 514 g/mol. The number of hydrogen-bond acceptors (Lipinski definition) is 6. The van der Waals surface area contributed by atoms with Gasteiger partial charge in [-0.3, -0.25) is 4.21 Å². The van der Waals surface area contributed by atoms with E-state index < -0.39 is 44.4 Å². The van der Waals surface area contributed by atoms with E-state index in [2.05, 4.69) is 10.3 Å². The molecule has 4 N–H and O–H groups in total. The van der Waals surface area contributed by atoms with E-state index in [-0.39, 0.29) is 28.5 Å². The number of nitrogens with zero attached hydrogens (tertiary/aromatic N) is 3.